The topological polar surface area (TPSA) is 111 Å². The molecule has 7 nitrogen and oxygen atoms in total. The quantitative estimate of drug-likeness (QED) is 0.537. The number of nitrogens with one attached hydrogen (secondary N) is 3. The number of amides is 3. The lowest BCUT2D eigenvalue weighted by atomic mass is 10.0. The summed E-state index contributed by atoms with van der Waals surface area (Å²) in [6, 6.07) is 20.6. The van der Waals surface area contributed by atoms with Crippen LogP contribution in [0.3, 0.4) is 0 Å². The number of nitrogens with zero attached hydrogens (tertiary/aromatic N) is 1. The molecule has 0 fully saturated rings. The summed E-state index contributed by atoms with van der Waals surface area (Å²) in [6.45, 7) is 2.98. The summed E-state index contributed by atoms with van der Waals surface area (Å²) >= 11 is 0. The number of fused-ring (bicyclic) bond motifs is 1. The van der Waals surface area contributed by atoms with Gasteiger partial charge < -0.3 is 16.0 Å². The van der Waals surface area contributed by atoms with E-state index in [0.717, 1.165) is 16.3 Å². The average molecular weight is 428 g/mol. The summed E-state index contributed by atoms with van der Waals surface area (Å²) in [6.07, 6.45) is 0.268. The molecule has 3 aromatic carbocycles. The van der Waals surface area contributed by atoms with E-state index < -0.39 is 23.9 Å². The molecule has 3 aromatic rings. The van der Waals surface area contributed by atoms with E-state index in [2.05, 4.69) is 16.0 Å². The lowest BCUT2D eigenvalue weighted by Crippen LogP contribution is -2.50. The second-order valence-electron chi connectivity index (χ2n) is 7.53. The van der Waals surface area contributed by atoms with Crippen molar-refractivity contribution in [1.82, 2.24) is 10.6 Å². The van der Waals surface area contributed by atoms with E-state index in [1.165, 1.54) is 6.92 Å². The molecule has 0 saturated carbocycles. The van der Waals surface area contributed by atoms with E-state index in [0.29, 0.717) is 11.3 Å². The van der Waals surface area contributed by atoms with Crippen molar-refractivity contribution in [3.63, 3.8) is 0 Å². The molecule has 0 aliphatic carbocycles. The number of rotatable bonds is 7. The number of benzene rings is 3. The van der Waals surface area contributed by atoms with Crippen molar-refractivity contribution in [1.29, 1.82) is 5.26 Å². The highest BCUT2D eigenvalue weighted by atomic mass is 16.2. The third kappa shape index (κ3) is 5.92. The fourth-order valence-corrected chi connectivity index (χ4v) is 3.31. The number of hydrogen-bond acceptors (Lipinski definition) is 4. The zero-order chi connectivity index (χ0) is 23.1. The Hall–Kier alpha value is -4.18. The van der Waals surface area contributed by atoms with Gasteiger partial charge in [-0.1, -0.05) is 42.5 Å². The van der Waals surface area contributed by atoms with Gasteiger partial charge in [0.2, 0.25) is 11.8 Å². The van der Waals surface area contributed by atoms with Crippen LogP contribution < -0.4 is 16.0 Å². The number of hydrogen-bond donors (Lipinski definition) is 3. The van der Waals surface area contributed by atoms with Crippen molar-refractivity contribution in [3.8, 4) is 6.07 Å². The maximum atomic E-state index is 12.8. The molecule has 162 valence electrons. The highest BCUT2D eigenvalue weighted by molar-refractivity contribution is 5.98. The molecular weight excluding hydrogens is 404 g/mol. The van der Waals surface area contributed by atoms with Crippen molar-refractivity contribution in [2.24, 2.45) is 0 Å². The molecule has 7 heteroatoms. The lowest BCUT2D eigenvalue weighted by Gasteiger charge is -2.20. The van der Waals surface area contributed by atoms with Gasteiger partial charge in [-0.3, -0.25) is 14.4 Å². The average Bonchev–Trinajstić information content (AvgIpc) is 2.78. The monoisotopic (exact) mass is 428 g/mol. The Morgan fingerprint density at radius 3 is 2.28 bits per heavy atom. The Morgan fingerprint density at radius 1 is 0.938 bits per heavy atom. The molecule has 3 amide bonds. The molecule has 3 rings (SSSR count). The zero-order valence-corrected chi connectivity index (χ0v) is 17.9. The molecule has 32 heavy (non-hydrogen) atoms. The van der Waals surface area contributed by atoms with E-state index in [-0.39, 0.29) is 12.3 Å². The Morgan fingerprint density at radius 2 is 1.62 bits per heavy atom. The first-order chi connectivity index (χ1) is 15.4. The van der Waals surface area contributed by atoms with Crippen LogP contribution in [-0.2, 0) is 16.0 Å². The van der Waals surface area contributed by atoms with Crippen molar-refractivity contribution in [2.75, 3.05) is 5.32 Å². The minimum atomic E-state index is -0.866. The smallest absolute Gasteiger partial charge is 0.251 e. The molecule has 0 bridgehead atoms. The van der Waals surface area contributed by atoms with Crippen molar-refractivity contribution in [3.05, 3.63) is 77.9 Å². The second-order valence-corrected chi connectivity index (χ2v) is 7.53. The van der Waals surface area contributed by atoms with Crippen molar-refractivity contribution < 1.29 is 14.4 Å². The largest absolute Gasteiger partial charge is 0.340 e. The molecule has 2 atom stereocenters. The van der Waals surface area contributed by atoms with Gasteiger partial charge >= 0.3 is 0 Å². The van der Waals surface area contributed by atoms with E-state index in [9.17, 15) is 14.4 Å². The van der Waals surface area contributed by atoms with Gasteiger partial charge in [-0.15, -0.1) is 0 Å². The molecule has 0 heterocycles. The van der Waals surface area contributed by atoms with Crippen molar-refractivity contribution >= 4 is 34.2 Å². The van der Waals surface area contributed by atoms with Crippen LogP contribution in [0.5, 0.6) is 0 Å². The van der Waals surface area contributed by atoms with Gasteiger partial charge in [0.05, 0.1) is 6.07 Å². The van der Waals surface area contributed by atoms with Crippen molar-refractivity contribution in [2.45, 2.75) is 32.4 Å². The first-order valence-corrected chi connectivity index (χ1v) is 10.2. The van der Waals surface area contributed by atoms with Gasteiger partial charge in [0.25, 0.3) is 5.91 Å². The van der Waals surface area contributed by atoms with Gasteiger partial charge in [-0.25, -0.2) is 0 Å². The van der Waals surface area contributed by atoms with Gasteiger partial charge in [-0.2, -0.15) is 5.26 Å². The Kier molecular flexibility index (Phi) is 7.19. The van der Waals surface area contributed by atoms with E-state index in [4.69, 9.17) is 5.26 Å². The lowest BCUT2D eigenvalue weighted by molar-refractivity contribution is -0.123. The fourth-order valence-electron chi connectivity index (χ4n) is 3.31. The Bertz CT molecular complexity index is 1180. The first-order valence-electron chi connectivity index (χ1n) is 10.2. The molecule has 0 saturated heterocycles. The van der Waals surface area contributed by atoms with Gasteiger partial charge in [-0.05, 0) is 47.5 Å². The van der Waals surface area contributed by atoms with Gasteiger partial charge in [0.15, 0.2) is 0 Å². The highest BCUT2D eigenvalue weighted by Crippen LogP contribution is 2.17. The molecule has 0 spiro atoms. The number of anilines is 1. The molecule has 3 N–H and O–H groups in total. The Labute approximate surface area is 186 Å². The predicted octanol–water partition coefficient (Wildman–Crippen LogP) is 3.17. The molecule has 0 radical (unpaired) electrons. The minimum absolute atomic E-state index is 0.207. The van der Waals surface area contributed by atoms with Crippen LogP contribution in [0, 0.1) is 11.3 Å². The Balaban J connectivity index is 1.80. The third-order valence-electron chi connectivity index (χ3n) is 4.90. The number of nitriles is 1. The summed E-state index contributed by atoms with van der Waals surface area (Å²) in [5, 5.41) is 19.2. The van der Waals surface area contributed by atoms with Crippen LogP contribution in [0.1, 0.15) is 29.8 Å². The summed E-state index contributed by atoms with van der Waals surface area (Å²) in [5.74, 6) is -1.07. The second kappa shape index (κ2) is 10.2. The van der Waals surface area contributed by atoms with Crippen LogP contribution in [-0.4, -0.2) is 29.8 Å². The highest BCUT2D eigenvalue weighted by Gasteiger charge is 2.23. The molecule has 2 unspecified atom stereocenters. The normalized spacial score (nSPS) is 12.3. The first kappa shape index (κ1) is 22.5. The van der Waals surface area contributed by atoms with Crippen LogP contribution >= 0.6 is 0 Å². The SMILES string of the molecule is CC(=O)Nc1ccc(C(=O)NC(Cc2ccc3ccccc3c2)C(=O)NC(C)C#N)cc1. The summed E-state index contributed by atoms with van der Waals surface area (Å²) in [4.78, 5) is 36.8. The summed E-state index contributed by atoms with van der Waals surface area (Å²) in [5.41, 5.74) is 1.81. The summed E-state index contributed by atoms with van der Waals surface area (Å²) in [7, 11) is 0. The summed E-state index contributed by atoms with van der Waals surface area (Å²) < 4.78 is 0. The van der Waals surface area contributed by atoms with Gasteiger partial charge in [0, 0.05) is 24.6 Å². The predicted molar refractivity (Wildman–Crippen MR) is 123 cm³/mol. The maximum absolute atomic E-state index is 12.8. The molecule has 0 aliphatic heterocycles. The van der Waals surface area contributed by atoms with Crippen LogP contribution in [0.2, 0.25) is 0 Å². The molecular formula is C25H24N4O3. The number of carbonyl (C=O) groups excluding carboxylic acids is 3. The fraction of sp³-hybridized carbons (Fsp3) is 0.200. The third-order valence-corrected chi connectivity index (χ3v) is 4.90. The van der Waals surface area contributed by atoms with Gasteiger partial charge in [0.1, 0.15) is 12.1 Å². The zero-order valence-electron chi connectivity index (χ0n) is 17.9. The van der Waals surface area contributed by atoms with Crippen LogP contribution in [0.25, 0.3) is 10.8 Å². The molecule has 0 aliphatic rings. The van der Waals surface area contributed by atoms with Crippen LogP contribution in [0.15, 0.2) is 66.7 Å². The number of carbonyl (C=O) groups is 3. The minimum Gasteiger partial charge on any atom is -0.340 e. The standard InChI is InChI=1S/C25H24N4O3/c1-16(15-26)27-25(32)23(14-18-7-8-19-5-3-4-6-21(19)13-18)29-24(31)20-9-11-22(12-10-20)28-17(2)30/h3-13,16,23H,14H2,1-2H3,(H,27,32)(H,28,30)(H,29,31). The molecule has 0 aromatic heterocycles. The van der Waals surface area contributed by atoms with Crippen LogP contribution in [0.4, 0.5) is 5.69 Å². The van der Waals surface area contributed by atoms with E-state index in [1.807, 2.05) is 48.5 Å². The maximum Gasteiger partial charge on any atom is 0.251 e. The van der Waals surface area contributed by atoms with E-state index in [1.54, 1.807) is 31.2 Å². The van der Waals surface area contributed by atoms with E-state index >= 15 is 0 Å².